The molecule has 1 aromatic rings. The second-order valence-corrected chi connectivity index (χ2v) is 3.40. The van der Waals surface area contributed by atoms with Gasteiger partial charge in [0.2, 0.25) is 0 Å². The van der Waals surface area contributed by atoms with Crippen LogP contribution in [0.25, 0.3) is 0 Å². The van der Waals surface area contributed by atoms with Gasteiger partial charge in [0.15, 0.2) is 0 Å². The average Bonchev–Trinajstić information content (AvgIpc) is 2.28. The number of nitriles is 1. The van der Waals surface area contributed by atoms with Crippen LogP contribution in [0.1, 0.15) is 28.4 Å². The van der Waals surface area contributed by atoms with Gasteiger partial charge in [0.1, 0.15) is 6.07 Å². The molecule has 0 aliphatic rings. The predicted molar refractivity (Wildman–Crippen MR) is 60.0 cm³/mol. The Kier molecular flexibility index (Phi) is 4.29. The van der Waals surface area contributed by atoms with Crippen molar-refractivity contribution >= 4 is 17.6 Å². The highest BCUT2D eigenvalue weighted by Crippen LogP contribution is 2.23. The Morgan fingerprint density at radius 2 is 2.31 bits per heavy atom. The number of nitrogens with zero attached hydrogens (tertiary/aromatic N) is 1. The van der Waals surface area contributed by atoms with Crippen molar-refractivity contribution in [1.82, 2.24) is 0 Å². The van der Waals surface area contributed by atoms with Gasteiger partial charge in [-0.1, -0.05) is 17.7 Å². The first-order valence-electron chi connectivity index (χ1n) is 4.74. The lowest BCUT2D eigenvalue weighted by Gasteiger charge is -2.09. The standard InChI is InChI=1S/C11H11ClN2O2/c1-2-16-11(15)10-7(5-13)3-4-9(12)8(10)6-14/h3-4H,2,5,13H2,1H3. The molecule has 0 radical (unpaired) electrons. The van der Waals surface area contributed by atoms with Gasteiger partial charge in [-0.3, -0.25) is 0 Å². The summed E-state index contributed by atoms with van der Waals surface area (Å²) < 4.78 is 4.86. The van der Waals surface area contributed by atoms with E-state index in [0.29, 0.717) is 5.56 Å². The van der Waals surface area contributed by atoms with Gasteiger partial charge < -0.3 is 10.5 Å². The Morgan fingerprint density at radius 3 is 2.81 bits per heavy atom. The third-order valence-electron chi connectivity index (χ3n) is 2.05. The first-order chi connectivity index (χ1) is 7.65. The molecule has 0 unspecified atom stereocenters. The summed E-state index contributed by atoms with van der Waals surface area (Å²) in [5.41, 5.74) is 6.33. The van der Waals surface area contributed by atoms with Crippen molar-refractivity contribution in [3.8, 4) is 6.07 Å². The zero-order chi connectivity index (χ0) is 12.1. The average molecular weight is 239 g/mol. The van der Waals surface area contributed by atoms with Crippen molar-refractivity contribution in [3.05, 3.63) is 33.8 Å². The molecule has 0 fully saturated rings. The maximum atomic E-state index is 11.7. The molecular weight excluding hydrogens is 228 g/mol. The van der Waals surface area contributed by atoms with Crippen LogP contribution in [0, 0.1) is 11.3 Å². The Balaban J connectivity index is 3.37. The van der Waals surface area contributed by atoms with Crippen LogP contribution in [0.4, 0.5) is 0 Å². The number of ether oxygens (including phenoxy) is 1. The highest BCUT2D eigenvalue weighted by molar-refractivity contribution is 6.32. The summed E-state index contributed by atoms with van der Waals surface area (Å²) in [6.45, 7) is 2.08. The number of hydrogen-bond acceptors (Lipinski definition) is 4. The zero-order valence-electron chi connectivity index (χ0n) is 8.79. The van der Waals surface area contributed by atoms with Gasteiger partial charge in [0, 0.05) is 6.54 Å². The van der Waals surface area contributed by atoms with Crippen LogP contribution in [-0.4, -0.2) is 12.6 Å². The zero-order valence-corrected chi connectivity index (χ0v) is 9.54. The summed E-state index contributed by atoms with van der Waals surface area (Å²) in [5.74, 6) is -0.568. The van der Waals surface area contributed by atoms with E-state index in [1.54, 1.807) is 19.1 Å². The van der Waals surface area contributed by atoms with E-state index in [9.17, 15) is 4.79 Å². The lowest BCUT2D eigenvalue weighted by molar-refractivity contribution is 0.0524. The molecule has 0 heterocycles. The molecule has 0 aliphatic carbocycles. The van der Waals surface area contributed by atoms with Gasteiger partial charge in [-0.05, 0) is 18.6 Å². The Hall–Kier alpha value is -1.57. The maximum absolute atomic E-state index is 11.7. The first-order valence-corrected chi connectivity index (χ1v) is 5.12. The summed E-state index contributed by atoms with van der Waals surface area (Å²) >= 11 is 5.83. The number of carbonyl (C=O) groups is 1. The molecule has 2 N–H and O–H groups in total. The summed E-state index contributed by atoms with van der Waals surface area (Å²) in [7, 11) is 0. The van der Waals surface area contributed by atoms with E-state index in [1.165, 1.54) is 0 Å². The molecule has 0 saturated carbocycles. The van der Waals surface area contributed by atoms with Gasteiger partial charge in [0.25, 0.3) is 0 Å². The quantitative estimate of drug-likeness (QED) is 0.816. The van der Waals surface area contributed by atoms with E-state index < -0.39 is 5.97 Å². The number of benzene rings is 1. The summed E-state index contributed by atoms with van der Waals surface area (Å²) in [4.78, 5) is 11.7. The van der Waals surface area contributed by atoms with Crippen molar-refractivity contribution < 1.29 is 9.53 Å². The number of halogens is 1. The van der Waals surface area contributed by atoms with Crippen molar-refractivity contribution in [1.29, 1.82) is 5.26 Å². The van der Waals surface area contributed by atoms with Crippen LogP contribution in [0.3, 0.4) is 0 Å². The van der Waals surface area contributed by atoms with E-state index in [0.717, 1.165) is 0 Å². The molecule has 4 nitrogen and oxygen atoms in total. The van der Waals surface area contributed by atoms with Crippen LogP contribution in [0.5, 0.6) is 0 Å². The normalized spacial score (nSPS) is 9.62. The summed E-state index contributed by atoms with van der Waals surface area (Å²) in [6.07, 6.45) is 0. The van der Waals surface area contributed by atoms with Crippen LogP contribution in [0.2, 0.25) is 5.02 Å². The minimum Gasteiger partial charge on any atom is -0.462 e. The fourth-order valence-electron chi connectivity index (χ4n) is 1.34. The molecule has 0 spiro atoms. The second kappa shape index (κ2) is 5.50. The van der Waals surface area contributed by atoms with Crippen molar-refractivity contribution in [2.24, 2.45) is 5.73 Å². The van der Waals surface area contributed by atoms with Gasteiger partial charge >= 0.3 is 5.97 Å². The minimum absolute atomic E-state index is 0.114. The fraction of sp³-hybridized carbons (Fsp3) is 0.273. The molecule has 0 bridgehead atoms. The van der Waals surface area contributed by atoms with E-state index in [1.807, 2.05) is 6.07 Å². The molecule has 0 amide bonds. The molecule has 1 rings (SSSR count). The largest absolute Gasteiger partial charge is 0.462 e. The van der Waals surface area contributed by atoms with Gasteiger partial charge in [-0.2, -0.15) is 5.26 Å². The Morgan fingerprint density at radius 1 is 1.62 bits per heavy atom. The summed E-state index contributed by atoms with van der Waals surface area (Å²) in [6, 6.07) is 5.06. The van der Waals surface area contributed by atoms with Crippen LogP contribution < -0.4 is 5.73 Å². The monoisotopic (exact) mass is 238 g/mol. The SMILES string of the molecule is CCOC(=O)c1c(CN)ccc(Cl)c1C#N. The van der Waals surface area contributed by atoms with Crippen LogP contribution in [0.15, 0.2) is 12.1 Å². The Labute approximate surface area is 98.6 Å². The molecule has 84 valence electrons. The molecular formula is C11H11ClN2O2. The number of esters is 1. The third-order valence-corrected chi connectivity index (χ3v) is 2.37. The molecule has 1 aromatic carbocycles. The summed E-state index contributed by atoms with van der Waals surface area (Å²) in [5, 5.41) is 9.18. The maximum Gasteiger partial charge on any atom is 0.339 e. The highest BCUT2D eigenvalue weighted by Gasteiger charge is 2.19. The number of hydrogen-bond donors (Lipinski definition) is 1. The first kappa shape index (κ1) is 12.5. The number of nitrogens with two attached hydrogens (primary N) is 1. The number of rotatable bonds is 3. The van der Waals surface area contributed by atoms with Gasteiger partial charge in [0.05, 0.1) is 22.8 Å². The van der Waals surface area contributed by atoms with Crippen molar-refractivity contribution in [2.75, 3.05) is 6.61 Å². The molecule has 0 aliphatic heterocycles. The molecule has 0 atom stereocenters. The minimum atomic E-state index is -0.568. The van der Waals surface area contributed by atoms with Crippen molar-refractivity contribution in [2.45, 2.75) is 13.5 Å². The van der Waals surface area contributed by atoms with E-state index >= 15 is 0 Å². The van der Waals surface area contributed by atoms with E-state index in [2.05, 4.69) is 0 Å². The van der Waals surface area contributed by atoms with Crippen molar-refractivity contribution in [3.63, 3.8) is 0 Å². The number of carbonyl (C=O) groups excluding carboxylic acids is 1. The fourth-order valence-corrected chi connectivity index (χ4v) is 1.54. The smallest absolute Gasteiger partial charge is 0.339 e. The molecule has 0 aromatic heterocycles. The lowest BCUT2D eigenvalue weighted by Crippen LogP contribution is -2.13. The lowest BCUT2D eigenvalue weighted by atomic mass is 10.0. The van der Waals surface area contributed by atoms with E-state index in [-0.39, 0.29) is 29.3 Å². The second-order valence-electron chi connectivity index (χ2n) is 2.99. The molecule has 0 saturated heterocycles. The predicted octanol–water partition coefficient (Wildman–Crippen LogP) is 1.85. The van der Waals surface area contributed by atoms with E-state index in [4.69, 9.17) is 27.3 Å². The van der Waals surface area contributed by atoms with Gasteiger partial charge in [-0.15, -0.1) is 0 Å². The Bertz CT molecular complexity index is 452. The van der Waals surface area contributed by atoms with Crippen LogP contribution >= 0.6 is 11.6 Å². The van der Waals surface area contributed by atoms with Crippen LogP contribution in [-0.2, 0) is 11.3 Å². The topological polar surface area (TPSA) is 76.1 Å². The third kappa shape index (κ3) is 2.32. The molecule has 16 heavy (non-hydrogen) atoms. The highest BCUT2D eigenvalue weighted by atomic mass is 35.5. The molecule has 5 heteroatoms. The van der Waals surface area contributed by atoms with Gasteiger partial charge in [-0.25, -0.2) is 4.79 Å².